The molecule has 0 amide bonds. The maximum Gasteiger partial charge on any atom is 0.0705 e. The fourth-order valence-electron chi connectivity index (χ4n) is 2.32. The van der Waals surface area contributed by atoms with E-state index in [0.29, 0.717) is 5.02 Å². The summed E-state index contributed by atoms with van der Waals surface area (Å²) < 4.78 is 0.943. The summed E-state index contributed by atoms with van der Waals surface area (Å²) in [4.78, 5) is 4.36. The summed E-state index contributed by atoms with van der Waals surface area (Å²) in [6.07, 6.45) is 1.78. The van der Waals surface area contributed by atoms with Crippen molar-refractivity contribution in [3.8, 4) is 0 Å². The van der Waals surface area contributed by atoms with Gasteiger partial charge in [-0.05, 0) is 35.4 Å². The molecule has 1 atom stereocenters. The van der Waals surface area contributed by atoms with Gasteiger partial charge in [-0.15, -0.1) is 0 Å². The summed E-state index contributed by atoms with van der Waals surface area (Å²) in [5, 5.41) is 1.72. The van der Waals surface area contributed by atoms with E-state index in [-0.39, 0.29) is 6.04 Å². The summed E-state index contributed by atoms with van der Waals surface area (Å²) in [6, 6.07) is 15.4. The second kappa shape index (κ2) is 5.52. The Morgan fingerprint density at radius 1 is 1.05 bits per heavy atom. The first-order valence-electron chi connectivity index (χ1n) is 6.21. The van der Waals surface area contributed by atoms with Gasteiger partial charge in [-0.25, -0.2) is 0 Å². The molecule has 0 fully saturated rings. The number of nitrogens with zero attached hydrogens (tertiary/aromatic N) is 1. The SMILES string of the molecule is NC(c1ccc(Br)cc1Cl)c1cccc2ncccc12. The van der Waals surface area contributed by atoms with Gasteiger partial charge in [0.05, 0.1) is 11.6 Å². The maximum absolute atomic E-state index is 6.41. The number of halogens is 2. The van der Waals surface area contributed by atoms with Crippen LogP contribution in [0, 0.1) is 0 Å². The fourth-order valence-corrected chi connectivity index (χ4v) is 3.11. The van der Waals surface area contributed by atoms with Crippen LogP contribution in [0.25, 0.3) is 10.9 Å². The summed E-state index contributed by atoms with van der Waals surface area (Å²) in [5.41, 5.74) is 9.28. The van der Waals surface area contributed by atoms with Crippen LogP contribution in [0.1, 0.15) is 17.2 Å². The van der Waals surface area contributed by atoms with Crippen LogP contribution in [0.15, 0.2) is 59.2 Å². The Hall–Kier alpha value is -1.42. The molecule has 1 aromatic heterocycles. The zero-order valence-corrected chi connectivity index (χ0v) is 12.9. The van der Waals surface area contributed by atoms with Gasteiger partial charge in [-0.3, -0.25) is 4.98 Å². The highest BCUT2D eigenvalue weighted by atomic mass is 79.9. The molecule has 0 spiro atoms. The van der Waals surface area contributed by atoms with E-state index in [9.17, 15) is 0 Å². The van der Waals surface area contributed by atoms with E-state index in [4.69, 9.17) is 17.3 Å². The lowest BCUT2D eigenvalue weighted by Crippen LogP contribution is -2.13. The summed E-state index contributed by atoms with van der Waals surface area (Å²) in [7, 11) is 0. The topological polar surface area (TPSA) is 38.9 Å². The number of benzene rings is 2. The van der Waals surface area contributed by atoms with Crippen molar-refractivity contribution in [2.45, 2.75) is 6.04 Å². The molecule has 0 saturated heterocycles. The number of nitrogens with two attached hydrogens (primary N) is 1. The molecule has 20 heavy (non-hydrogen) atoms. The third-order valence-electron chi connectivity index (χ3n) is 3.31. The molecule has 2 nitrogen and oxygen atoms in total. The Balaban J connectivity index is 2.15. The molecular formula is C16H12BrClN2. The second-order valence-electron chi connectivity index (χ2n) is 4.56. The summed E-state index contributed by atoms with van der Waals surface area (Å²) >= 11 is 9.71. The van der Waals surface area contributed by atoms with Gasteiger partial charge < -0.3 is 5.73 Å². The van der Waals surface area contributed by atoms with Gasteiger partial charge in [0.25, 0.3) is 0 Å². The van der Waals surface area contributed by atoms with Gasteiger partial charge >= 0.3 is 0 Å². The van der Waals surface area contributed by atoms with Crippen molar-refractivity contribution < 1.29 is 0 Å². The molecular weight excluding hydrogens is 336 g/mol. The third-order valence-corrected chi connectivity index (χ3v) is 4.13. The number of fused-ring (bicyclic) bond motifs is 1. The first-order chi connectivity index (χ1) is 9.66. The van der Waals surface area contributed by atoms with Crippen LogP contribution in [0.5, 0.6) is 0 Å². The normalized spacial score (nSPS) is 12.6. The monoisotopic (exact) mass is 346 g/mol. The van der Waals surface area contributed by atoms with E-state index in [1.165, 1.54) is 0 Å². The molecule has 0 saturated carbocycles. The van der Waals surface area contributed by atoms with Gasteiger partial charge in [-0.1, -0.05) is 51.8 Å². The highest BCUT2D eigenvalue weighted by Crippen LogP contribution is 2.31. The van der Waals surface area contributed by atoms with E-state index < -0.39 is 0 Å². The van der Waals surface area contributed by atoms with E-state index >= 15 is 0 Å². The molecule has 0 bridgehead atoms. The minimum atomic E-state index is -0.275. The lowest BCUT2D eigenvalue weighted by Gasteiger charge is -2.16. The first kappa shape index (κ1) is 13.6. The van der Waals surface area contributed by atoms with E-state index in [1.54, 1.807) is 6.20 Å². The standard InChI is InChI=1S/C16H12BrClN2/c17-10-6-7-13(14(18)9-10)16(19)12-3-1-5-15-11(12)4-2-8-20-15/h1-9,16H,19H2. The highest BCUT2D eigenvalue weighted by molar-refractivity contribution is 9.10. The van der Waals surface area contributed by atoms with Crippen molar-refractivity contribution in [3.63, 3.8) is 0 Å². The molecule has 100 valence electrons. The summed E-state index contributed by atoms with van der Waals surface area (Å²) in [6.45, 7) is 0. The van der Waals surface area contributed by atoms with Crippen molar-refractivity contribution in [2.24, 2.45) is 5.73 Å². The number of rotatable bonds is 2. The van der Waals surface area contributed by atoms with Crippen LogP contribution in [0.3, 0.4) is 0 Å². The van der Waals surface area contributed by atoms with Crippen LogP contribution >= 0.6 is 27.5 Å². The zero-order chi connectivity index (χ0) is 14.1. The molecule has 0 radical (unpaired) electrons. The molecule has 2 aromatic carbocycles. The Labute approximate surface area is 130 Å². The van der Waals surface area contributed by atoms with Gasteiger partial charge in [0.2, 0.25) is 0 Å². The number of hydrogen-bond donors (Lipinski definition) is 1. The first-order valence-corrected chi connectivity index (χ1v) is 7.38. The van der Waals surface area contributed by atoms with E-state index in [2.05, 4.69) is 20.9 Å². The quantitative estimate of drug-likeness (QED) is 0.730. The molecule has 0 aliphatic rings. The van der Waals surface area contributed by atoms with Crippen LogP contribution in [0.2, 0.25) is 5.02 Å². The molecule has 1 heterocycles. The Kier molecular flexibility index (Phi) is 3.74. The average molecular weight is 348 g/mol. The van der Waals surface area contributed by atoms with Gasteiger partial charge in [0, 0.05) is 21.1 Å². The number of pyridine rings is 1. The van der Waals surface area contributed by atoms with Crippen LogP contribution in [-0.4, -0.2) is 4.98 Å². The highest BCUT2D eigenvalue weighted by Gasteiger charge is 2.15. The Morgan fingerprint density at radius 3 is 2.70 bits per heavy atom. The lowest BCUT2D eigenvalue weighted by molar-refractivity contribution is 0.880. The van der Waals surface area contributed by atoms with Gasteiger partial charge in [0.15, 0.2) is 0 Å². The fraction of sp³-hybridized carbons (Fsp3) is 0.0625. The van der Waals surface area contributed by atoms with Crippen LogP contribution in [0.4, 0.5) is 0 Å². The molecule has 0 aliphatic heterocycles. The maximum atomic E-state index is 6.41. The number of hydrogen-bond acceptors (Lipinski definition) is 2. The molecule has 4 heteroatoms. The predicted octanol–water partition coefficient (Wildman–Crippen LogP) is 4.70. The van der Waals surface area contributed by atoms with Crippen molar-refractivity contribution >= 4 is 38.4 Å². The van der Waals surface area contributed by atoms with Gasteiger partial charge in [0.1, 0.15) is 0 Å². The largest absolute Gasteiger partial charge is 0.320 e. The summed E-state index contributed by atoms with van der Waals surface area (Å²) in [5.74, 6) is 0. The third kappa shape index (κ3) is 2.44. The van der Waals surface area contributed by atoms with Crippen molar-refractivity contribution in [2.75, 3.05) is 0 Å². The van der Waals surface area contributed by atoms with Crippen molar-refractivity contribution in [1.29, 1.82) is 0 Å². The van der Waals surface area contributed by atoms with Crippen molar-refractivity contribution in [1.82, 2.24) is 4.98 Å². The molecule has 2 N–H and O–H groups in total. The second-order valence-corrected chi connectivity index (χ2v) is 5.88. The van der Waals surface area contributed by atoms with Gasteiger partial charge in [-0.2, -0.15) is 0 Å². The van der Waals surface area contributed by atoms with Crippen molar-refractivity contribution in [3.05, 3.63) is 75.4 Å². The smallest absolute Gasteiger partial charge is 0.0705 e. The lowest BCUT2D eigenvalue weighted by atomic mass is 9.96. The average Bonchev–Trinajstić information content (AvgIpc) is 2.46. The van der Waals surface area contributed by atoms with Crippen LogP contribution in [-0.2, 0) is 0 Å². The molecule has 3 rings (SSSR count). The van der Waals surface area contributed by atoms with E-state index in [1.807, 2.05) is 48.5 Å². The molecule has 1 unspecified atom stereocenters. The Morgan fingerprint density at radius 2 is 1.90 bits per heavy atom. The molecule has 3 aromatic rings. The predicted molar refractivity (Wildman–Crippen MR) is 86.9 cm³/mol. The zero-order valence-electron chi connectivity index (χ0n) is 10.6. The number of aromatic nitrogens is 1. The van der Waals surface area contributed by atoms with Crippen LogP contribution < -0.4 is 5.73 Å². The minimum Gasteiger partial charge on any atom is -0.320 e. The molecule has 0 aliphatic carbocycles. The Bertz CT molecular complexity index is 768. The van der Waals surface area contributed by atoms with E-state index in [0.717, 1.165) is 26.5 Å². The minimum absolute atomic E-state index is 0.275.